The van der Waals surface area contributed by atoms with E-state index in [4.69, 9.17) is 4.74 Å². The average molecular weight is 539 g/mol. The Balaban J connectivity index is 1.27. The molecule has 2 saturated heterocycles. The van der Waals surface area contributed by atoms with Gasteiger partial charge in [-0.05, 0) is 80.1 Å². The highest BCUT2D eigenvalue weighted by atomic mass is 79.9. The molecule has 2 aromatic carbocycles. The topological polar surface area (TPSA) is 84.0 Å². The molecule has 3 aliphatic rings. The highest BCUT2D eigenvalue weighted by Gasteiger charge is 2.50. The van der Waals surface area contributed by atoms with Gasteiger partial charge in [0.2, 0.25) is 17.7 Å². The average Bonchev–Trinajstić information content (AvgIpc) is 3.32. The number of benzene rings is 2. The fraction of sp³-hybridized carbons (Fsp3) is 0.407. The number of fused-ring (bicyclic) bond motifs is 1. The van der Waals surface area contributed by atoms with Crippen molar-refractivity contribution >= 4 is 51.0 Å². The number of imide groups is 1. The first-order chi connectivity index (χ1) is 16.7. The van der Waals surface area contributed by atoms with Gasteiger partial charge in [0.15, 0.2) is 0 Å². The predicted octanol–water partition coefficient (Wildman–Crippen LogP) is 4.64. The molecule has 0 spiro atoms. The SMILES string of the molecule is Cc1cc(OC(=O)[C@@H]2CC(=O)N(c3ccc(Br)cc3)C2)ccc1N1C(=O)[C@H]2C[C@@H](C)CC[C@H]2C1=O. The number of ether oxygens (including phenoxy) is 1. The van der Waals surface area contributed by atoms with Crippen LogP contribution < -0.4 is 14.5 Å². The molecule has 182 valence electrons. The third-order valence-corrected chi connectivity index (χ3v) is 7.94. The molecule has 0 N–H and O–H groups in total. The molecule has 0 aromatic heterocycles. The zero-order valence-electron chi connectivity index (χ0n) is 19.7. The summed E-state index contributed by atoms with van der Waals surface area (Å²) in [5.41, 5.74) is 1.96. The van der Waals surface area contributed by atoms with Crippen LogP contribution in [0.4, 0.5) is 11.4 Å². The first-order valence-corrected chi connectivity index (χ1v) is 12.8. The summed E-state index contributed by atoms with van der Waals surface area (Å²) in [4.78, 5) is 54.3. The summed E-state index contributed by atoms with van der Waals surface area (Å²) < 4.78 is 6.51. The van der Waals surface area contributed by atoms with Crippen molar-refractivity contribution < 1.29 is 23.9 Å². The molecule has 3 fully saturated rings. The van der Waals surface area contributed by atoms with Crippen LogP contribution >= 0.6 is 15.9 Å². The van der Waals surface area contributed by atoms with E-state index in [9.17, 15) is 19.2 Å². The molecule has 2 aromatic rings. The molecule has 35 heavy (non-hydrogen) atoms. The van der Waals surface area contributed by atoms with E-state index in [0.717, 1.165) is 29.4 Å². The van der Waals surface area contributed by atoms with Crippen molar-refractivity contribution in [1.29, 1.82) is 0 Å². The fourth-order valence-electron chi connectivity index (χ4n) is 5.50. The molecule has 1 saturated carbocycles. The summed E-state index contributed by atoms with van der Waals surface area (Å²) in [6, 6.07) is 12.3. The van der Waals surface area contributed by atoms with E-state index >= 15 is 0 Å². The predicted molar refractivity (Wildman–Crippen MR) is 134 cm³/mol. The number of aryl methyl sites for hydroxylation is 1. The van der Waals surface area contributed by atoms with Gasteiger partial charge in [0, 0.05) is 23.1 Å². The highest BCUT2D eigenvalue weighted by Crippen LogP contribution is 2.43. The zero-order valence-corrected chi connectivity index (χ0v) is 21.3. The van der Waals surface area contributed by atoms with Crippen LogP contribution in [0, 0.1) is 30.6 Å². The lowest BCUT2D eigenvalue weighted by Gasteiger charge is -2.25. The van der Waals surface area contributed by atoms with E-state index in [1.165, 1.54) is 4.90 Å². The Morgan fingerprint density at radius 1 is 1.00 bits per heavy atom. The van der Waals surface area contributed by atoms with Gasteiger partial charge in [0.05, 0.1) is 23.4 Å². The number of esters is 1. The van der Waals surface area contributed by atoms with Crippen LogP contribution in [0.15, 0.2) is 46.9 Å². The van der Waals surface area contributed by atoms with Gasteiger partial charge >= 0.3 is 5.97 Å². The standard InChI is InChI=1S/C27H27BrN2O5/c1-15-3-9-21-22(11-15)26(33)30(25(21)32)23-10-8-20(12-16(23)2)35-27(34)17-13-24(31)29(14-17)19-6-4-18(28)5-7-19/h4-8,10,12,15,17,21-22H,3,9,11,13-14H2,1-2H3/t15-,17+,21+,22-/m0/s1. The summed E-state index contributed by atoms with van der Waals surface area (Å²) in [7, 11) is 0. The van der Waals surface area contributed by atoms with Gasteiger partial charge in [-0.15, -0.1) is 0 Å². The van der Waals surface area contributed by atoms with Gasteiger partial charge in [-0.25, -0.2) is 4.90 Å². The van der Waals surface area contributed by atoms with Gasteiger partial charge in [0.25, 0.3) is 0 Å². The second-order valence-electron chi connectivity index (χ2n) is 9.89. The smallest absolute Gasteiger partial charge is 0.316 e. The first kappa shape index (κ1) is 23.7. The molecule has 3 amide bonds. The maximum atomic E-state index is 13.1. The normalized spacial score (nSPS) is 26.3. The van der Waals surface area contributed by atoms with Crippen LogP contribution in [-0.4, -0.2) is 30.2 Å². The molecule has 0 unspecified atom stereocenters. The minimum absolute atomic E-state index is 0.0872. The van der Waals surface area contributed by atoms with Crippen LogP contribution in [0.3, 0.4) is 0 Å². The van der Waals surface area contributed by atoms with Crippen LogP contribution in [0.5, 0.6) is 5.75 Å². The van der Waals surface area contributed by atoms with Gasteiger partial charge in [0.1, 0.15) is 5.75 Å². The Labute approximate surface area is 212 Å². The fourth-order valence-corrected chi connectivity index (χ4v) is 5.77. The summed E-state index contributed by atoms with van der Waals surface area (Å²) in [5.74, 6) is -1.12. The van der Waals surface area contributed by atoms with E-state index in [2.05, 4.69) is 22.9 Å². The Kier molecular flexibility index (Phi) is 6.25. The second kappa shape index (κ2) is 9.22. The maximum Gasteiger partial charge on any atom is 0.316 e. The largest absolute Gasteiger partial charge is 0.426 e. The second-order valence-corrected chi connectivity index (χ2v) is 10.8. The molecule has 8 heteroatoms. The van der Waals surface area contributed by atoms with Gasteiger partial charge in [-0.1, -0.05) is 22.9 Å². The van der Waals surface area contributed by atoms with E-state index in [0.29, 0.717) is 22.9 Å². The van der Waals surface area contributed by atoms with E-state index < -0.39 is 11.9 Å². The number of carbonyl (C=O) groups excluding carboxylic acids is 4. The summed E-state index contributed by atoms with van der Waals surface area (Å²) in [6.07, 6.45) is 2.55. The molecule has 0 radical (unpaired) electrons. The molecule has 2 aliphatic heterocycles. The van der Waals surface area contributed by atoms with Crippen LogP contribution in [0.25, 0.3) is 0 Å². The third kappa shape index (κ3) is 4.40. The Hall–Kier alpha value is -3.00. The van der Waals surface area contributed by atoms with Crippen LogP contribution in [0.2, 0.25) is 0 Å². The Bertz CT molecular complexity index is 1210. The van der Waals surface area contributed by atoms with Gasteiger partial charge < -0.3 is 9.64 Å². The maximum absolute atomic E-state index is 13.1. The highest BCUT2D eigenvalue weighted by molar-refractivity contribution is 9.10. The monoisotopic (exact) mass is 538 g/mol. The number of hydrogen-bond donors (Lipinski definition) is 0. The summed E-state index contributed by atoms with van der Waals surface area (Å²) >= 11 is 3.38. The zero-order chi connectivity index (χ0) is 24.9. The van der Waals surface area contributed by atoms with Crippen molar-refractivity contribution in [3.63, 3.8) is 0 Å². The summed E-state index contributed by atoms with van der Waals surface area (Å²) in [6.45, 7) is 4.18. The number of carbonyl (C=O) groups is 4. The number of anilines is 2. The van der Waals surface area contributed by atoms with Crippen molar-refractivity contribution in [2.45, 2.75) is 39.5 Å². The molecular weight excluding hydrogens is 512 g/mol. The number of halogens is 1. The van der Waals surface area contributed by atoms with Crippen molar-refractivity contribution in [2.75, 3.05) is 16.3 Å². The van der Waals surface area contributed by atoms with Crippen LogP contribution in [0.1, 0.15) is 38.2 Å². The number of nitrogens with zero attached hydrogens (tertiary/aromatic N) is 2. The summed E-state index contributed by atoms with van der Waals surface area (Å²) in [5, 5.41) is 0. The molecule has 7 nitrogen and oxygen atoms in total. The third-order valence-electron chi connectivity index (χ3n) is 7.41. The van der Waals surface area contributed by atoms with E-state index in [-0.39, 0.29) is 42.5 Å². The lowest BCUT2D eigenvalue weighted by atomic mass is 9.76. The lowest BCUT2D eigenvalue weighted by molar-refractivity contribution is -0.139. The molecule has 2 heterocycles. The van der Waals surface area contributed by atoms with Crippen molar-refractivity contribution in [1.82, 2.24) is 0 Å². The van der Waals surface area contributed by atoms with Gasteiger partial charge in [-0.3, -0.25) is 19.2 Å². The molecular formula is C27H27BrN2O5. The van der Waals surface area contributed by atoms with Crippen molar-refractivity contribution in [2.24, 2.45) is 23.7 Å². The first-order valence-electron chi connectivity index (χ1n) is 12.0. The number of rotatable bonds is 4. The van der Waals surface area contributed by atoms with Crippen molar-refractivity contribution in [3.8, 4) is 5.75 Å². The minimum atomic E-state index is -0.571. The molecule has 4 atom stereocenters. The quantitative estimate of drug-likeness (QED) is 0.321. The number of hydrogen-bond acceptors (Lipinski definition) is 5. The van der Waals surface area contributed by atoms with E-state index in [1.54, 1.807) is 30.0 Å². The lowest BCUT2D eigenvalue weighted by Crippen LogP contribution is -2.31. The van der Waals surface area contributed by atoms with Crippen molar-refractivity contribution in [3.05, 3.63) is 52.5 Å². The minimum Gasteiger partial charge on any atom is -0.426 e. The van der Waals surface area contributed by atoms with Gasteiger partial charge in [-0.2, -0.15) is 0 Å². The molecule has 0 bridgehead atoms. The Morgan fingerprint density at radius 3 is 2.43 bits per heavy atom. The Morgan fingerprint density at radius 2 is 1.71 bits per heavy atom. The number of amides is 3. The molecule has 5 rings (SSSR count). The van der Waals surface area contributed by atoms with Crippen LogP contribution in [-0.2, 0) is 19.2 Å². The molecule has 1 aliphatic carbocycles. The van der Waals surface area contributed by atoms with E-state index in [1.807, 2.05) is 24.3 Å².